The lowest BCUT2D eigenvalue weighted by molar-refractivity contribution is -0.131. The number of aromatic nitrogens is 1. The molecule has 1 aromatic carbocycles. The van der Waals surface area contributed by atoms with Gasteiger partial charge in [0.15, 0.2) is 0 Å². The average molecular weight is 380 g/mol. The Hall–Kier alpha value is -2.89. The van der Waals surface area contributed by atoms with Gasteiger partial charge >= 0.3 is 0 Å². The highest BCUT2D eigenvalue weighted by Crippen LogP contribution is 2.24. The molecule has 0 spiro atoms. The third-order valence-electron chi connectivity index (χ3n) is 4.99. The Balaban J connectivity index is 1.72. The Morgan fingerprint density at radius 2 is 1.82 bits per heavy atom. The van der Waals surface area contributed by atoms with Crippen LogP contribution in [0.4, 0.5) is 5.69 Å². The van der Waals surface area contributed by atoms with Crippen LogP contribution in [0, 0.1) is 0 Å². The van der Waals surface area contributed by atoms with Crippen molar-refractivity contribution in [1.29, 1.82) is 0 Å². The molecule has 6 nitrogen and oxygen atoms in total. The van der Waals surface area contributed by atoms with Crippen LogP contribution in [-0.2, 0) is 4.79 Å². The highest BCUT2D eigenvalue weighted by atomic mass is 16.2. The second-order valence-corrected chi connectivity index (χ2v) is 8.45. The molecule has 0 aliphatic carbocycles. The van der Waals surface area contributed by atoms with Crippen LogP contribution in [0.5, 0.6) is 0 Å². The summed E-state index contributed by atoms with van der Waals surface area (Å²) in [6, 6.07) is 9.77. The van der Waals surface area contributed by atoms with Crippen molar-refractivity contribution in [3.8, 4) is 11.1 Å². The smallest absolute Gasteiger partial charge is 0.253 e. The van der Waals surface area contributed by atoms with Gasteiger partial charge in [0.1, 0.15) is 0 Å². The molecule has 148 valence electrons. The number of benzene rings is 1. The standard InChI is InChI=1S/C22H28N4O2/c1-22(2,3)26-14-18(11-20(26)27)24-21(28)17-10-16(12-23-13-17)15-6-8-19(9-7-15)25(4)5/h6-10,12-13,18H,11,14H2,1-5H3,(H,24,28). The molecule has 2 heterocycles. The Kier molecular flexibility index (Phi) is 5.40. The van der Waals surface area contributed by atoms with Crippen LogP contribution < -0.4 is 10.2 Å². The quantitative estimate of drug-likeness (QED) is 0.886. The maximum absolute atomic E-state index is 12.7. The molecule has 1 N–H and O–H groups in total. The first-order valence-electron chi connectivity index (χ1n) is 9.49. The molecule has 2 amide bonds. The highest BCUT2D eigenvalue weighted by molar-refractivity contribution is 5.96. The van der Waals surface area contributed by atoms with Crippen LogP contribution in [0.15, 0.2) is 42.7 Å². The number of likely N-dealkylation sites (tertiary alicyclic amines) is 1. The van der Waals surface area contributed by atoms with E-state index >= 15 is 0 Å². The molecule has 6 heteroatoms. The summed E-state index contributed by atoms with van der Waals surface area (Å²) in [5.74, 6) is -0.126. The van der Waals surface area contributed by atoms with E-state index in [0.29, 0.717) is 18.5 Å². The van der Waals surface area contributed by atoms with Crippen LogP contribution in [0.3, 0.4) is 0 Å². The third-order valence-corrected chi connectivity index (χ3v) is 4.99. The number of hydrogen-bond acceptors (Lipinski definition) is 4. The van der Waals surface area contributed by atoms with E-state index in [0.717, 1.165) is 16.8 Å². The minimum Gasteiger partial charge on any atom is -0.378 e. The van der Waals surface area contributed by atoms with Gasteiger partial charge in [-0.3, -0.25) is 14.6 Å². The van der Waals surface area contributed by atoms with Gasteiger partial charge in [0, 0.05) is 56.2 Å². The summed E-state index contributed by atoms with van der Waals surface area (Å²) < 4.78 is 0. The first kappa shape index (κ1) is 19.9. The minimum absolute atomic E-state index is 0.0747. The van der Waals surface area contributed by atoms with Gasteiger partial charge in [0.05, 0.1) is 11.6 Å². The fraction of sp³-hybridized carbons (Fsp3) is 0.409. The van der Waals surface area contributed by atoms with E-state index in [2.05, 4.69) is 10.3 Å². The normalized spacial score (nSPS) is 17.0. The number of carbonyl (C=O) groups excluding carboxylic acids is 2. The second kappa shape index (κ2) is 7.62. The average Bonchev–Trinajstić information content (AvgIpc) is 3.02. The lowest BCUT2D eigenvalue weighted by atomic mass is 10.0. The molecule has 0 radical (unpaired) electrons. The topological polar surface area (TPSA) is 65.5 Å². The van der Waals surface area contributed by atoms with Gasteiger partial charge < -0.3 is 15.1 Å². The molecule has 1 fully saturated rings. The number of nitrogens with zero attached hydrogens (tertiary/aromatic N) is 3. The number of anilines is 1. The molecular weight excluding hydrogens is 352 g/mol. The molecule has 1 unspecified atom stereocenters. The van der Waals surface area contributed by atoms with Crippen LogP contribution in [0.1, 0.15) is 37.6 Å². The molecule has 3 rings (SSSR count). The van der Waals surface area contributed by atoms with Crippen LogP contribution in [-0.4, -0.2) is 53.9 Å². The number of rotatable bonds is 4. The van der Waals surface area contributed by atoms with Crippen molar-refractivity contribution in [1.82, 2.24) is 15.2 Å². The summed E-state index contributed by atoms with van der Waals surface area (Å²) in [7, 11) is 3.99. The minimum atomic E-state index is -0.239. The first-order chi connectivity index (χ1) is 13.1. The SMILES string of the molecule is CN(C)c1ccc(-c2cncc(C(=O)NC3CC(=O)N(C(C)(C)C)C3)c2)cc1. The monoisotopic (exact) mass is 380 g/mol. The molecule has 1 saturated heterocycles. The Bertz CT molecular complexity index is 869. The Morgan fingerprint density at radius 3 is 2.39 bits per heavy atom. The van der Waals surface area contributed by atoms with Gasteiger partial charge in [-0.15, -0.1) is 0 Å². The lowest BCUT2D eigenvalue weighted by Gasteiger charge is -2.32. The summed E-state index contributed by atoms with van der Waals surface area (Å²) in [6.07, 6.45) is 3.65. The number of pyridine rings is 1. The molecular formula is C22H28N4O2. The molecule has 1 aromatic heterocycles. The van der Waals surface area contributed by atoms with Crippen LogP contribution in [0.2, 0.25) is 0 Å². The summed E-state index contributed by atoms with van der Waals surface area (Å²) in [4.78, 5) is 33.0. The van der Waals surface area contributed by atoms with Crippen LogP contribution in [0.25, 0.3) is 11.1 Å². The van der Waals surface area contributed by atoms with E-state index in [1.807, 2.05) is 75.0 Å². The summed E-state index contributed by atoms with van der Waals surface area (Å²) in [5, 5.41) is 2.98. The summed E-state index contributed by atoms with van der Waals surface area (Å²) >= 11 is 0. The van der Waals surface area contributed by atoms with E-state index in [4.69, 9.17) is 0 Å². The molecule has 28 heavy (non-hydrogen) atoms. The number of amides is 2. The van der Waals surface area contributed by atoms with E-state index in [-0.39, 0.29) is 23.4 Å². The maximum atomic E-state index is 12.7. The molecule has 1 aliphatic rings. The molecule has 0 saturated carbocycles. The first-order valence-corrected chi connectivity index (χ1v) is 9.49. The van der Waals surface area contributed by atoms with Gasteiger partial charge in [-0.25, -0.2) is 0 Å². The number of hydrogen-bond donors (Lipinski definition) is 1. The molecule has 1 aliphatic heterocycles. The predicted molar refractivity (Wildman–Crippen MR) is 111 cm³/mol. The van der Waals surface area contributed by atoms with Crippen molar-refractivity contribution >= 4 is 17.5 Å². The summed E-state index contributed by atoms with van der Waals surface area (Å²) in [6.45, 7) is 6.55. The Labute approximate surface area is 166 Å². The zero-order valence-electron chi connectivity index (χ0n) is 17.2. The predicted octanol–water partition coefficient (Wildman–Crippen LogP) is 2.94. The van der Waals surface area contributed by atoms with Crippen molar-refractivity contribution in [2.45, 2.75) is 38.8 Å². The van der Waals surface area contributed by atoms with Gasteiger partial charge in [-0.2, -0.15) is 0 Å². The third kappa shape index (κ3) is 4.32. The molecule has 0 bridgehead atoms. The van der Waals surface area contributed by atoms with E-state index in [9.17, 15) is 9.59 Å². The zero-order chi connectivity index (χ0) is 20.5. The lowest BCUT2D eigenvalue weighted by Crippen LogP contribution is -2.44. The second-order valence-electron chi connectivity index (χ2n) is 8.45. The fourth-order valence-corrected chi connectivity index (χ4v) is 3.40. The van der Waals surface area contributed by atoms with Gasteiger partial charge in [-0.05, 0) is 44.5 Å². The Morgan fingerprint density at radius 1 is 1.14 bits per heavy atom. The summed E-state index contributed by atoms with van der Waals surface area (Å²) in [5.41, 5.74) is 3.26. The van der Waals surface area contributed by atoms with Crippen molar-refractivity contribution in [3.63, 3.8) is 0 Å². The van der Waals surface area contributed by atoms with Gasteiger partial charge in [0.2, 0.25) is 5.91 Å². The zero-order valence-corrected chi connectivity index (χ0v) is 17.2. The fourth-order valence-electron chi connectivity index (χ4n) is 3.40. The number of nitrogens with one attached hydrogen (secondary N) is 1. The largest absolute Gasteiger partial charge is 0.378 e. The van der Waals surface area contributed by atoms with E-state index < -0.39 is 0 Å². The van der Waals surface area contributed by atoms with Crippen molar-refractivity contribution in [3.05, 3.63) is 48.3 Å². The van der Waals surface area contributed by atoms with Crippen molar-refractivity contribution in [2.75, 3.05) is 25.5 Å². The van der Waals surface area contributed by atoms with Crippen molar-refractivity contribution in [2.24, 2.45) is 0 Å². The number of carbonyl (C=O) groups is 2. The van der Waals surface area contributed by atoms with Crippen LogP contribution >= 0.6 is 0 Å². The van der Waals surface area contributed by atoms with E-state index in [1.165, 1.54) is 0 Å². The van der Waals surface area contributed by atoms with Gasteiger partial charge in [-0.1, -0.05) is 12.1 Å². The van der Waals surface area contributed by atoms with Gasteiger partial charge in [0.25, 0.3) is 5.91 Å². The molecule has 2 aromatic rings. The highest BCUT2D eigenvalue weighted by Gasteiger charge is 2.36. The molecule has 1 atom stereocenters. The maximum Gasteiger partial charge on any atom is 0.253 e. The van der Waals surface area contributed by atoms with Crippen molar-refractivity contribution < 1.29 is 9.59 Å². The van der Waals surface area contributed by atoms with E-state index in [1.54, 1.807) is 12.4 Å².